The molecule has 1 saturated heterocycles. The van der Waals surface area contributed by atoms with Crippen molar-refractivity contribution in [3.05, 3.63) is 48.2 Å². The second-order valence-electron chi connectivity index (χ2n) is 5.99. The van der Waals surface area contributed by atoms with Crippen molar-refractivity contribution >= 4 is 17.4 Å². The number of amides is 1. The Balaban J connectivity index is 1.63. The van der Waals surface area contributed by atoms with Gasteiger partial charge in [-0.25, -0.2) is 4.98 Å². The zero-order valence-electron chi connectivity index (χ0n) is 14.0. The number of methoxy groups -OCH3 is 1. The van der Waals surface area contributed by atoms with Crippen molar-refractivity contribution in [2.75, 3.05) is 30.4 Å². The van der Waals surface area contributed by atoms with Gasteiger partial charge in [0.05, 0.1) is 19.0 Å². The van der Waals surface area contributed by atoms with Gasteiger partial charge in [-0.3, -0.25) is 4.79 Å². The van der Waals surface area contributed by atoms with Gasteiger partial charge >= 0.3 is 0 Å². The van der Waals surface area contributed by atoms with Gasteiger partial charge in [-0.05, 0) is 49.2 Å². The van der Waals surface area contributed by atoms with Crippen molar-refractivity contribution in [3.63, 3.8) is 0 Å². The highest BCUT2D eigenvalue weighted by Crippen LogP contribution is 2.20. The number of hydrogen-bond donors (Lipinski definition) is 1. The third-order valence-corrected chi connectivity index (χ3v) is 4.31. The predicted octanol–water partition coefficient (Wildman–Crippen LogP) is 3.72. The Morgan fingerprint density at radius 1 is 1.04 bits per heavy atom. The molecule has 1 fully saturated rings. The molecular weight excluding hydrogens is 302 g/mol. The van der Waals surface area contributed by atoms with Crippen molar-refractivity contribution in [2.45, 2.75) is 25.7 Å². The normalized spacial score (nSPS) is 14.8. The van der Waals surface area contributed by atoms with Crippen LogP contribution in [-0.4, -0.2) is 31.1 Å². The Labute approximate surface area is 142 Å². The second-order valence-corrected chi connectivity index (χ2v) is 5.99. The summed E-state index contributed by atoms with van der Waals surface area (Å²) in [4.78, 5) is 19.0. The molecule has 0 spiro atoms. The molecule has 0 aliphatic carbocycles. The molecule has 2 aromatic rings. The van der Waals surface area contributed by atoms with E-state index in [0.29, 0.717) is 11.4 Å². The van der Waals surface area contributed by atoms with Crippen LogP contribution in [0.5, 0.6) is 5.75 Å². The molecule has 0 unspecified atom stereocenters. The van der Waals surface area contributed by atoms with Crippen LogP contribution < -0.4 is 15.0 Å². The minimum absolute atomic E-state index is 0.173. The molecular formula is C19H23N3O2. The van der Waals surface area contributed by atoms with Crippen molar-refractivity contribution in [2.24, 2.45) is 0 Å². The fourth-order valence-electron chi connectivity index (χ4n) is 2.91. The van der Waals surface area contributed by atoms with Crippen LogP contribution in [0.15, 0.2) is 42.6 Å². The quantitative estimate of drug-likeness (QED) is 0.931. The van der Waals surface area contributed by atoms with Crippen LogP contribution in [0.4, 0.5) is 11.5 Å². The fraction of sp³-hybridized carbons (Fsp3) is 0.368. The fourth-order valence-corrected chi connectivity index (χ4v) is 2.91. The average molecular weight is 325 g/mol. The average Bonchev–Trinajstić information content (AvgIpc) is 2.92. The maximum Gasteiger partial charge on any atom is 0.256 e. The maximum absolute atomic E-state index is 12.2. The largest absolute Gasteiger partial charge is 0.497 e. The number of rotatable bonds is 4. The third-order valence-electron chi connectivity index (χ3n) is 4.31. The smallest absolute Gasteiger partial charge is 0.256 e. The zero-order valence-corrected chi connectivity index (χ0v) is 14.0. The Morgan fingerprint density at radius 3 is 2.33 bits per heavy atom. The topological polar surface area (TPSA) is 54.5 Å². The summed E-state index contributed by atoms with van der Waals surface area (Å²) in [5.74, 6) is 1.12. The van der Waals surface area contributed by atoms with Gasteiger partial charge in [0.15, 0.2) is 0 Å². The molecule has 0 bridgehead atoms. The van der Waals surface area contributed by atoms with Crippen LogP contribution >= 0.6 is 0 Å². The van der Waals surface area contributed by atoms with E-state index in [2.05, 4.69) is 15.2 Å². The van der Waals surface area contributed by atoms with E-state index >= 15 is 0 Å². The van der Waals surface area contributed by atoms with Crippen LogP contribution in [0.25, 0.3) is 0 Å². The van der Waals surface area contributed by atoms with Gasteiger partial charge in [0.2, 0.25) is 0 Å². The molecule has 0 radical (unpaired) electrons. The Morgan fingerprint density at radius 2 is 1.75 bits per heavy atom. The molecule has 1 aromatic heterocycles. The van der Waals surface area contributed by atoms with Crippen LogP contribution in [0.2, 0.25) is 0 Å². The van der Waals surface area contributed by atoms with Gasteiger partial charge in [-0.1, -0.05) is 12.8 Å². The molecule has 5 nitrogen and oxygen atoms in total. The lowest BCUT2D eigenvalue weighted by Crippen LogP contribution is -2.24. The third kappa shape index (κ3) is 4.04. The highest BCUT2D eigenvalue weighted by atomic mass is 16.5. The van der Waals surface area contributed by atoms with Crippen molar-refractivity contribution in [1.82, 2.24) is 4.98 Å². The lowest BCUT2D eigenvalue weighted by atomic mass is 10.2. The van der Waals surface area contributed by atoms with Crippen molar-refractivity contribution < 1.29 is 9.53 Å². The number of nitrogens with one attached hydrogen (secondary N) is 1. The highest BCUT2D eigenvalue weighted by molar-refractivity contribution is 6.03. The van der Waals surface area contributed by atoms with Gasteiger partial charge in [-0.2, -0.15) is 0 Å². The molecule has 1 amide bonds. The molecule has 1 aromatic carbocycles. The van der Waals surface area contributed by atoms with Crippen LogP contribution in [0, 0.1) is 0 Å². The monoisotopic (exact) mass is 325 g/mol. The minimum atomic E-state index is -0.173. The number of nitrogens with zero attached hydrogens (tertiary/aromatic N) is 2. The lowest BCUT2D eigenvalue weighted by Gasteiger charge is -2.22. The van der Waals surface area contributed by atoms with Crippen molar-refractivity contribution in [1.29, 1.82) is 0 Å². The summed E-state index contributed by atoms with van der Waals surface area (Å²) in [6.07, 6.45) is 6.92. The first-order valence-corrected chi connectivity index (χ1v) is 8.43. The molecule has 1 aliphatic heterocycles. The number of carbonyl (C=O) groups is 1. The molecule has 1 aliphatic rings. The number of hydrogen-bond acceptors (Lipinski definition) is 4. The summed E-state index contributed by atoms with van der Waals surface area (Å²) in [5, 5.41) is 2.83. The molecule has 126 valence electrons. The van der Waals surface area contributed by atoms with Crippen LogP contribution in [0.1, 0.15) is 36.0 Å². The summed E-state index contributed by atoms with van der Waals surface area (Å²) in [6.45, 7) is 2.17. The Bertz CT molecular complexity index is 660. The number of carbonyl (C=O) groups excluding carboxylic acids is 1. The SMILES string of the molecule is COc1ccc(C(=O)Nc2ccc(N3CCCCCC3)cn2)cc1. The van der Waals surface area contributed by atoms with E-state index in [4.69, 9.17) is 4.74 Å². The molecule has 0 atom stereocenters. The number of aromatic nitrogens is 1. The predicted molar refractivity (Wildman–Crippen MR) is 95.9 cm³/mol. The minimum Gasteiger partial charge on any atom is -0.497 e. The number of pyridine rings is 1. The highest BCUT2D eigenvalue weighted by Gasteiger charge is 2.11. The number of benzene rings is 1. The Kier molecular flexibility index (Phi) is 5.31. The Hall–Kier alpha value is -2.56. The summed E-state index contributed by atoms with van der Waals surface area (Å²) in [7, 11) is 1.60. The van der Waals surface area contributed by atoms with Crippen LogP contribution in [0.3, 0.4) is 0 Å². The van der Waals surface area contributed by atoms with E-state index in [-0.39, 0.29) is 5.91 Å². The zero-order chi connectivity index (χ0) is 16.8. The molecule has 24 heavy (non-hydrogen) atoms. The first kappa shape index (κ1) is 16.3. The van der Waals surface area contributed by atoms with E-state index in [1.165, 1.54) is 25.7 Å². The number of ether oxygens (including phenoxy) is 1. The second kappa shape index (κ2) is 7.81. The van der Waals surface area contributed by atoms with E-state index in [0.717, 1.165) is 24.5 Å². The summed E-state index contributed by atoms with van der Waals surface area (Å²) in [6, 6.07) is 10.9. The maximum atomic E-state index is 12.2. The van der Waals surface area contributed by atoms with Gasteiger partial charge < -0.3 is 15.0 Å². The molecule has 5 heteroatoms. The molecule has 0 saturated carbocycles. The van der Waals surface area contributed by atoms with E-state index in [1.807, 2.05) is 18.3 Å². The molecule has 1 N–H and O–H groups in total. The van der Waals surface area contributed by atoms with Gasteiger partial charge in [0.25, 0.3) is 5.91 Å². The van der Waals surface area contributed by atoms with E-state index in [1.54, 1.807) is 31.4 Å². The van der Waals surface area contributed by atoms with E-state index in [9.17, 15) is 4.79 Å². The van der Waals surface area contributed by atoms with Gasteiger partial charge in [-0.15, -0.1) is 0 Å². The summed E-state index contributed by atoms with van der Waals surface area (Å²) >= 11 is 0. The van der Waals surface area contributed by atoms with E-state index < -0.39 is 0 Å². The molecule has 3 rings (SSSR count). The summed E-state index contributed by atoms with van der Waals surface area (Å²) < 4.78 is 5.10. The number of anilines is 2. The van der Waals surface area contributed by atoms with Gasteiger partial charge in [0.1, 0.15) is 11.6 Å². The first-order valence-electron chi connectivity index (χ1n) is 8.43. The first-order chi connectivity index (χ1) is 11.8. The molecule has 2 heterocycles. The lowest BCUT2D eigenvalue weighted by molar-refractivity contribution is 0.102. The van der Waals surface area contributed by atoms with Crippen LogP contribution in [-0.2, 0) is 0 Å². The summed E-state index contributed by atoms with van der Waals surface area (Å²) in [5.41, 5.74) is 1.70. The standard InChI is InChI=1S/C19H23N3O2/c1-24-17-9-6-15(7-10-17)19(23)21-18-11-8-16(14-20-18)22-12-4-2-3-5-13-22/h6-11,14H,2-5,12-13H2,1H3,(H,20,21,23). The van der Waals surface area contributed by atoms with Crippen molar-refractivity contribution in [3.8, 4) is 5.75 Å². The van der Waals surface area contributed by atoms with Gasteiger partial charge in [0, 0.05) is 18.7 Å².